The average molecular weight is 394 g/mol. The Morgan fingerprint density at radius 3 is 2.69 bits per heavy atom. The first-order valence-corrected chi connectivity index (χ1v) is 9.06. The van der Waals surface area contributed by atoms with E-state index < -0.39 is 18.5 Å². The summed E-state index contributed by atoms with van der Waals surface area (Å²) in [4.78, 5) is 37.9. The summed E-state index contributed by atoms with van der Waals surface area (Å²) in [6.07, 6.45) is 0. The Hall–Kier alpha value is -3.68. The summed E-state index contributed by atoms with van der Waals surface area (Å²) in [5.74, 6) is -1.53. The number of nitrogens with one attached hydrogen (secondary N) is 2. The van der Waals surface area contributed by atoms with Gasteiger partial charge in [0.2, 0.25) is 5.91 Å². The minimum absolute atomic E-state index is 0.115. The molecular formula is C21H22N4O4. The lowest BCUT2D eigenvalue weighted by atomic mass is 10.1. The van der Waals surface area contributed by atoms with Crippen molar-refractivity contribution in [1.82, 2.24) is 15.1 Å². The summed E-state index contributed by atoms with van der Waals surface area (Å²) in [6, 6.07) is 12.9. The van der Waals surface area contributed by atoms with Crippen molar-refractivity contribution in [1.29, 1.82) is 0 Å². The molecule has 0 aliphatic heterocycles. The zero-order chi connectivity index (χ0) is 21.0. The predicted octanol–water partition coefficient (Wildman–Crippen LogP) is 2.43. The van der Waals surface area contributed by atoms with Crippen LogP contribution < -0.4 is 5.32 Å². The fourth-order valence-corrected chi connectivity index (χ4v) is 2.79. The molecule has 0 saturated heterocycles. The number of carbonyl (C=O) groups is 3. The first-order chi connectivity index (χ1) is 13.8. The third-order valence-corrected chi connectivity index (χ3v) is 4.46. The molecule has 1 aromatic heterocycles. The third-order valence-electron chi connectivity index (χ3n) is 4.46. The minimum atomic E-state index is -0.705. The summed E-state index contributed by atoms with van der Waals surface area (Å²) in [7, 11) is 1.47. The van der Waals surface area contributed by atoms with Crippen LogP contribution in [0.25, 0.3) is 10.9 Å². The van der Waals surface area contributed by atoms with Crippen molar-refractivity contribution in [3.8, 4) is 0 Å². The quantitative estimate of drug-likeness (QED) is 0.625. The molecule has 2 amide bonds. The lowest BCUT2D eigenvalue weighted by Gasteiger charge is -2.17. The molecule has 2 aromatic carbocycles. The summed E-state index contributed by atoms with van der Waals surface area (Å²) in [5, 5.41) is 10.1. The molecule has 150 valence electrons. The lowest BCUT2D eigenvalue weighted by Crippen LogP contribution is -2.37. The van der Waals surface area contributed by atoms with Gasteiger partial charge < -0.3 is 15.0 Å². The molecule has 0 saturated carbocycles. The number of nitrogens with zero attached hydrogens (tertiary/aromatic N) is 2. The molecule has 0 radical (unpaired) electrons. The zero-order valence-electron chi connectivity index (χ0n) is 16.5. The highest BCUT2D eigenvalue weighted by Crippen LogP contribution is 2.17. The number of ether oxygens (including phenoxy) is 1. The number of benzene rings is 2. The van der Waals surface area contributed by atoms with E-state index in [0.717, 1.165) is 11.1 Å². The molecule has 0 bridgehead atoms. The van der Waals surface area contributed by atoms with E-state index >= 15 is 0 Å². The summed E-state index contributed by atoms with van der Waals surface area (Å²) >= 11 is 0. The van der Waals surface area contributed by atoms with Crippen LogP contribution in [0, 0.1) is 13.8 Å². The summed E-state index contributed by atoms with van der Waals surface area (Å²) in [5.41, 5.74) is 3.47. The van der Waals surface area contributed by atoms with Crippen molar-refractivity contribution in [3.05, 3.63) is 59.3 Å². The molecule has 8 nitrogen and oxygen atoms in total. The normalized spacial score (nSPS) is 10.6. The molecule has 3 aromatic rings. The van der Waals surface area contributed by atoms with Crippen LogP contribution in [0.3, 0.4) is 0 Å². The second-order valence-electron chi connectivity index (χ2n) is 6.81. The molecule has 0 aliphatic carbocycles. The first-order valence-electron chi connectivity index (χ1n) is 9.06. The van der Waals surface area contributed by atoms with Crippen LogP contribution in [0.1, 0.15) is 21.6 Å². The fourth-order valence-electron chi connectivity index (χ4n) is 2.79. The number of amides is 2. The maximum atomic E-state index is 12.2. The lowest BCUT2D eigenvalue weighted by molar-refractivity contribution is -0.136. The molecule has 0 spiro atoms. The number of hydrogen-bond acceptors (Lipinski definition) is 5. The highest BCUT2D eigenvalue weighted by Gasteiger charge is 2.19. The summed E-state index contributed by atoms with van der Waals surface area (Å²) < 4.78 is 5.07. The second-order valence-corrected chi connectivity index (χ2v) is 6.81. The number of carbonyl (C=O) groups excluding carboxylic acids is 3. The Labute approximate surface area is 167 Å². The number of aryl methyl sites for hydroxylation is 2. The number of H-pyrrole nitrogens is 1. The van der Waals surface area contributed by atoms with Crippen molar-refractivity contribution >= 4 is 34.4 Å². The number of esters is 1. The predicted molar refractivity (Wildman–Crippen MR) is 109 cm³/mol. The molecule has 0 atom stereocenters. The number of para-hydroxylation sites is 1. The maximum Gasteiger partial charge on any atom is 0.359 e. The van der Waals surface area contributed by atoms with Gasteiger partial charge in [0.15, 0.2) is 12.3 Å². The van der Waals surface area contributed by atoms with Crippen molar-refractivity contribution in [2.24, 2.45) is 0 Å². The van der Waals surface area contributed by atoms with E-state index in [1.54, 1.807) is 18.2 Å². The number of likely N-dealkylation sites (N-methyl/N-ethyl adjacent to an activating group) is 1. The van der Waals surface area contributed by atoms with Gasteiger partial charge in [-0.05, 0) is 37.1 Å². The van der Waals surface area contributed by atoms with Gasteiger partial charge in [-0.15, -0.1) is 0 Å². The van der Waals surface area contributed by atoms with Crippen molar-refractivity contribution in [2.45, 2.75) is 13.8 Å². The Bertz CT molecular complexity index is 1070. The molecule has 0 unspecified atom stereocenters. The van der Waals surface area contributed by atoms with Crippen molar-refractivity contribution in [2.75, 3.05) is 25.5 Å². The van der Waals surface area contributed by atoms with E-state index in [0.29, 0.717) is 16.6 Å². The van der Waals surface area contributed by atoms with Gasteiger partial charge in [-0.2, -0.15) is 5.10 Å². The summed E-state index contributed by atoms with van der Waals surface area (Å²) in [6.45, 7) is 3.19. The smallest absolute Gasteiger partial charge is 0.359 e. The topological polar surface area (TPSA) is 104 Å². The zero-order valence-corrected chi connectivity index (χ0v) is 16.5. The largest absolute Gasteiger partial charge is 0.451 e. The number of rotatable bonds is 6. The number of hydrogen-bond donors (Lipinski definition) is 2. The van der Waals surface area contributed by atoms with Crippen LogP contribution in [-0.2, 0) is 14.3 Å². The number of anilines is 1. The van der Waals surface area contributed by atoms with Gasteiger partial charge >= 0.3 is 5.97 Å². The molecule has 0 fully saturated rings. The average Bonchev–Trinajstić information content (AvgIpc) is 3.12. The van der Waals surface area contributed by atoms with Crippen LogP contribution >= 0.6 is 0 Å². The number of fused-ring (bicyclic) bond motifs is 1. The van der Waals surface area contributed by atoms with Crippen LogP contribution in [0.4, 0.5) is 5.69 Å². The Kier molecular flexibility index (Phi) is 5.92. The molecule has 29 heavy (non-hydrogen) atoms. The van der Waals surface area contributed by atoms with E-state index in [2.05, 4.69) is 15.5 Å². The van der Waals surface area contributed by atoms with Gasteiger partial charge in [0, 0.05) is 18.1 Å². The highest BCUT2D eigenvalue weighted by atomic mass is 16.5. The molecule has 3 rings (SSSR count). The van der Waals surface area contributed by atoms with Gasteiger partial charge in [-0.25, -0.2) is 4.79 Å². The highest BCUT2D eigenvalue weighted by molar-refractivity contribution is 6.02. The van der Waals surface area contributed by atoms with Gasteiger partial charge in [0.05, 0.1) is 12.1 Å². The third kappa shape index (κ3) is 4.78. The molecule has 1 heterocycles. The van der Waals surface area contributed by atoms with Crippen LogP contribution in [-0.4, -0.2) is 53.1 Å². The Balaban J connectivity index is 1.53. The van der Waals surface area contributed by atoms with E-state index in [1.807, 2.05) is 38.1 Å². The van der Waals surface area contributed by atoms with Gasteiger partial charge in [-0.1, -0.05) is 30.3 Å². The van der Waals surface area contributed by atoms with E-state index in [-0.39, 0.29) is 18.1 Å². The van der Waals surface area contributed by atoms with Crippen molar-refractivity contribution in [3.63, 3.8) is 0 Å². The van der Waals surface area contributed by atoms with E-state index in [9.17, 15) is 14.4 Å². The molecule has 8 heteroatoms. The standard InChI is InChI=1S/C21H22N4O4/c1-13-8-9-14(2)17(10-13)22-18(26)11-25(3)19(27)12-29-21(28)20-15-6-4-5-7-16(15)23-24-20/h4-10H,11-12H2,1-3H3,(H,22,26)(H,23,24). The minimum Gasteiger partial charge on any atom is -0.451 e. The van der Waals surface area contributed by atoms with Crippen molar-refractivity contribution < 1.29 is 19.1 Å². The first kappa shape index (κ1) is 20.1. The Morgan fingerprint density at radius 1 is 1.14 bits per heavy atom. The molecule has 2 N–H and O–H groups in total. The van der Waals surface area contributed by atoms with E-state index in [1.165, 1.54) is 11.9 Å². The second kappa shape index (κ2) is 8.55. The maximum absolute atomic E-state index is 12.2. The Morgan fingerprint density at radius 2 is 1.90 bits per heavy atom. The van der Waals surface area contributed by atoms with Crippen LogP contribution in [0.2, 0.25) is 0 Å². The van der Waals surface area contributed by atoms with Gasteiger partial charge in [-0.3, -0.25) is 14.7 Å². The molecule has 0 aliphatic rings. The van der Waals surface area contributed by atoms with Gasteiger partial charge in [0.25, 0.3) is 5.91 Å². The van der Waals surface area contributed by atoms with Crippen LogP contribution in [0.15, 0.2) is 42.5 Å². The number of aromatic nitrogens is 2. The van der Waals surface area contributed by atoms with Crippen LogP contribution in [0.5, 0.6) is 0 Å². The molecular weight excluding hydrogens is 372 g/mol. The van der Waals surface area contributed by atoms with E-state index in [4.69, 9.17) is 4.74 Å². The monoisotopic (exact) mass is 394 g/mol. The number of aromatic amines is 1. The fraction of sp³-hybridized carbons (Fsp3) is 0.238. The SMILES string of the molecule is Cc1ccc(C)c(NC(=O)CN(C)C(=O)COC(=O)c2n[nH]c3ccccc23)c1. The van der Waals surface area contributed by atoms with Gasteiger partial charge in [0.1, 0.15) is 0 Å².